The highest BCUT2D eigenvalue weighted by molar-refractivity contribution is 5.75. The van der Waals surface area contributed by atoms with Crippen LogP contribution in [0.3, 0.4) is 0 Å². The predicted octanol–water partition coefficient (Wildman–Crippen LogP) is 3.11. The van der Waals surface area contributed by atoms with Crippen LogP contribution in [0.25, 0.3) is 5.52 Å². The summed E-state index contributed by atoms with van der Waals surface area (Å²) in [6.07, 6.45) is 5.56. The Bertz CT molecular complexity index is 1010. The molecule has 1 aliphatic carbocycles. The maximum Gasteiger partial charge on any atom is 0.407 e. The Kier molecular flexibility index (Phi) is 5.84. The molecule has 0 bridgehead atoms. The van der Waals surface area contributed by atoms with Crippen molar-refractivity contribution in [2.45, 2.75) is 57.8 Å². The first-order valence-electron chi connectivity index (χ1n) is 10.1. The zero-order chi connectivity index (χ0) is 21.1. The van der Waals surface area contributed by atoms with Crippen molar-refractivity contribution in [2.24, 2.45) is 0 Å². The van der Waals surface area contributed by atoms with Crippen molar-refractivity contribution in [2.75, 3.05) is 12.4 Å². The van der Waals surface area contributed by atoms with Crippen molar-refractivity contribution < 1.29 is 14.3 Å². The van der Waals surface area contributed by atoms with E-state index in [0.29, 0.717) is 12.4 Å². The third-order valence-electron chi connectivity index (χ3n) is 5.10. The highest BCUT2D eigenvalue weighted by Crippen LogP contribution is 2.36. The highest BCUT2D eigenvalue weighted by Gasteiger charge is 2.30. The van der Waals surface area contributed by atoms with E-state index in [0.717, 1.165) is 41.9 Å². The maximum atomic E-state index is 11.8. The zero-order valence-electron chi connectivity index (χ0n) is 17.4. The van der Waals surface area contributed by atoms with Crippen molar-refractivity contribution in [1.29, 1.82) is 0 Å². The highest BCUT2D eigenvalue weighted by atomic mass is 16.6. The lowest BCUT2D eigenvalue weighted by atomic mass is 10.0. The van der Waals surface area contributed by atoms with Gasteiger partial charge in [0.1, 0.15) is 12.4 Å². The van der Waals surface area contributed by atoms with Crippen molar-refractivity contribution in [1.82, 2.24) is 30.1 Å². The Morgan fingerprint density at radius 2 is 2.23 bits per heavy atom. The van der Waals surface area contributed by atoms with Crippen LogP contribution >= 0.6 is 0 Å². The van der Waals surface area contributed by atoms with E-state index in [1.165, 1.54) is 0 Å². The summed E-state index contributed by atoms with van der Waals surface area (Å²) in [5.74, 6) is 0.985. The summed E-state index contributed by atoms with van der Waals surface area (Å²) in [5.41, 5.74) is 3.56. The Balaban J connectivity index is 1.40. The van der Waals surface area contributed by atoms with Crippen molar-refractivity contribution in [3.63, 3.8) is 0 Å². The molecule has 3 aromatic heterocycles. The van der Waals surface area contributed by atoms with Crippen LogP contribution < -0.4 is 10.6 Å². The molecular formula is C20H27N7O3. The standard InChI is InChI=1S/C20H27N7O3/c1-12(2)22-20(28)30-15-5-4-13(6-15)16-8-19(25-24-16)23-17-9-21-11-27-18(17)7-14(26-27)10-29-3/h7-9,11-13,15H,4-6,10H2,1-3H3,(H,22,28)(H2,23,24,25)/t13-,15+/m0/s1. The number of aromatic amines is 1. The van der Waals surface area contributed by atoms with E-state index in [1.807, 2.05) is 26.0 Å². The van der Waals surface area contributed by atoms with E-state index in [4.69, 9.17) is 9.47 Å². The molecule has 0 spiro atoms. The summed E-state index contributed by atoms with van der Waals surface area (Å²) in [7, 11) is 1.64. The summed E-state index contributed by atoms with van der Waals surface area (Å²) in [6, 6.07) is 4.02. The fourth-order valence-electron chi connectivity index (χ4n) is 3.78. The average molecular weight is 413 g/mol. The topological polar surface area (TPSA) is 118 Å². The SMILES string of the molecule is COCc1cc2c(Nc3cc([C@H]4CC[C@@H](OC(=O)NC(C)C)C4)[nH]n3)cncn2n1. The number of hydrogen-bond donors (Lipinski definition) is 3. The second-order valence-corrected chi connectivity index (χ2v) is 7.88. The number of rotatable bonds is 7. The Hall–Kier alpha value is -3.14. The molecule has 0 saturated heterocycles. The molecule has 0 aromatic carbocycles. The molecule has 3 N–H and O–H groups in total. The van der Waals surface area contributed by atoms with Gasteiger partial charge in [0.2, 0.25) is 0 Å². The molecule has 3 aromatic rings. The van der Waals surface area contributed by atoms with E-state index in [-0.39, 0.29) is 24.2 Å². The zero-order valence-corrected chi connectivity index (χ0v) is 17.4. The summed E-state index contributed by atoms with van der Waals surface area (Å²) in [4.78, 5) is 16.1. The molecule has 1 aliphatic rings. The average Bonchev–Trinajstić information content (AvgIpc) is 3.41. The van der Waals surface area contributed by atoms with Gasteiger partial charge in [-0.15, -0.1) is 0 Å². The summed E-state index contributed by atoms with van der Waals surface area (Å²) in [5, 5.41) is 18.0. The van der Waals surface area contributed by atoms with Gasteiger partial charge in [0, 0.05) is 30.8 Å². The number of anilines is 2. The molecule has 10 heteroatoms. The van der Waals surface area contributed by atoms with Gasteiger partial charge >= 0.3 is 6.09 Å². The van der Waals surface area contributed by atoms with Crippen LogP contribution in [0.2, 0.25) is 0 Å². The normalized spacial score (nSPS) is 18.8. The molecule has 160 valence electrons. The smallest absolute Gasteiger partial charge is 0.407 e. The van der Waals surface area contributed by atoms with Gasteiger partial charge < -0.3 is 20.1 Å². The van der Waals surface area contributed by atoms with Crippen molar-refractivity contribution >= 4 is 23.1 Å². The van der Waals surface area contributed by atoms with E-state index in [2.05, 4.69) is 30.9 Å². The largest absolute Gasteiger partial charge is 0.446 e. The molecule has 3 heterocycles. The van der Waals surface area contributed by atoms with Crippen LogP contribution in [0.4, 0.5) is 16.3 Å². The third kappa shape index (κ3) is 4.54. The number of aromatic nitrogens is 5. The summed E-state index contributed by atoms with van der Waals surface area (Å²) in [6.45, 7) is 4.26. The maximum absolute atomic E-state index is 11.8. The van der Waals surface area contributed by atoms with Crippen molar-refractivity contribution in [3.05, 3.63) is 36.0 Å². The number of hydrogen-bond acceptors (Lipinski definition) is 7. The molecule has 4 rings (SSSR count). The van der Waals surface area contributed by atoms with Gasteiger partial charge in [0.25, 0.3) is 0 Å². The quantitative estimate of drug-likeness (QED) is 0.544. The first kappa shape index (κ1) is 20.1. The third-order valence-corrected chi connectivity index (χ3v) is 5.10. The van der Waals surface area contributed by atoms with Crippen LogP contribution in [0.5, 0.6) is 0 Å². The van der Waals surface area contributed by atoms with Gasteiger partial charge in [0.05, 0.1) is 29.7 Å². The van der Waals surface area contributed by atoms with E-state index < -0.39 is 0 Å². The molecule has 30 heavy (non-hydrogen) atoms. The van der Waals surface area contributed by atoms with Gasteiger partial charge in [-0.1, -0.05) is 0 Å². The fraction of sp³-hybridized carbons (Fsp3) is 0.500. The molecule has 1 fully saturated rings. The van der Waals surface area contributed by atoms with Gasteiger partial charge in [-0.25, -0.2) is 14.3 Å². The van der Waals surface area contributed by atoms with E-state index in [1.54, 1.807) is 24.1 Å². The number of methoxy groups -OCH3 is 1. The number of H-pyrrole nitrogens is 1. The van der Waals surface area contributed by atoms with Crippen LogP contribution in [-0.4, -0.2) is 50.1 Å². The number of nitrogens with one attached hydrogen (secondary N) is 3. The molecule has 1 saturated carbocycles. The van der Waals surface area contributed by atoms with Gasteiger partial charge in [-0.3, -0.25) is 5.10 Å². The fourth-order valence-corrected chi connectivity index (χ4v) is 3.78. The second kappa shape index (κ2) is 8.70. The Morgan fingerprint density at radius 1 is 1.37 bits per heavy atom. The first-order chi connectivity index (χ1) is 14.5. The molecule has 0 unspecified atom stereocenters. The minimum Gasteiger partial charge on any atom is -0.446 e. The molecule has 1 amide bonds. The Labute approximate surface area is 174 Å². The number of fused-ring (bicyclic) bond motifs is 1. The number of ether oxygens (including phenoxy) is 2. The number of carbonyl (C=O) groups is 1. The van der Waals surface area contributed by atoms with Crippen LogP contribution in [0.1, 0.15) is 50.4 Å². The number of alkyl carbamates (subject to hydrolysis) is 1. The van der Waals surface area contributed by atoms with E-state index in [9.17, 15) is 4.79 Å². The first-order valence-corrected chi connectivity index (χ1v) is 10.1. The lowest BCUT2D eigenvalue weighted by molar-refractivity contribution is 0.0981. The molecule has 0 aliphatic heterocycles. The Morgan fingerprint density at radius 3 is 3.03 bits per heavy atom. The molecule has 10 nitrogen and oxygen atoms in total. The monoisotopic (exact) mass is 413 g/mol. The molecule has 2 atom stereocenters. The van der Waals surface area contributed by atoms with Gasteiger partial charge in [0.15, 0.2) is 5.82 Å². The summed E-state index contributed by atoms with van der Waals surface area (Å²) >= 11 is 0. The van der Waals surface area contributed by atoms with Gasteiger partial charge in [-0.2, -0.15) is 10.2 Å². The molecule has 0 radical (unpaired) electrons. The van der Waals surface area contributed by atoms with E-state index >= 15 is 0 Å². The lowest BCUT2D eigenvalue weighted by Crippen LogP contribution is -2.33. The second-order valence-electron chi connectivity index (χ2n) is 7.88. The van der Waals surface area contributed by atoms with Crippen LogP contribution in [-0.2, 0) is 16.1 Å². The summed E-state index contributed by atoms with van der Waals surface area (Å²) < 4.78 is 12.4. The van der Waals surface area contributed by atoms with Crippen molar-refractivity contribution in [3.8, 4) is 0 Å². The van der Waals surface area contributed by atoms with Crippen LogP contribution in [0, 0.1) is 0 Å². The minimum absolute atomic E-state index is 0.0660. The lowest BCUT2D eigenvalue weighted by Gasteiger charge is -2.14. The van der Waals surface area contributed by atoms with Gasteiger partial charge in [-0.05, 0) is 39.2 Å². The number of nitrogens with zero attached hydrogens (tertiary/aromatic N) is 4. The number of carbonyl (C=O) groups excluding carboxylic acids is 1. The number of amides is 1. The predicted molar refractivity (Wildman–Crippen MR) is 111 cm³/mol. The minimum atomic E-state index is -0.350. The van der Waals surface area contributed by atoms with Crippen LogP contribution in [0.15, 0.2) is 24.7 Å². The molecular weight excluding hydrogens is 386 g/mol.